The average molecular weight is 432 g/mol. The summed E-state index contributed by atoms with van der Waals surface area (Å²) >= 11 is 0. The van der Waals surface area contributed by atoms with Gasteiger partial charge in [0.2, 0.25) is 0 Å². The second-order valence-electron chi connectivity index (χ2n) is 7.46. The van der Waals surface area contributed by atoms with E-state index in [2.05, 4.69) is 86.8 Å². The van der Waals surface area contributed by atoms with Crippen LogP contribution in [0.25, 0.3) is 0 Å². The second-order valence-corrected chi connectivity index (χ2v) is 7.46. The van der Waals surface area contributed by atoms with Gasteiger partial charge in [0.05, 0.1) is 0 Å². The maximum Gasteiger partial charge on any atom is 0.191 e. The number of nitrogens with one attached hydrogen (secondary N) is 3. The summed E-state index contributed by atoms with van der Waals surface area (Å²) in [6.07, 6.45) is 0. The molecule has 0 aliphatic heterocycles. The van der Waals surface area contributed by atoms with Crippen molar-refractivity contribution in [3.05, 3.63) is 35.9 Å². The monoisotopic (exact) mass is 432 g/mol. The van der Waals surface area contributed by atoms with Gasteiger partial charge in [-0.2, -0.15) is 0 Å². The predicted molar refractivity (Wildman–Crippen MR) is 112 cm³/mol. The van der Waals surface area contributed by atoms with Crippen molar-refractivity contribution in [1.82, 2.24) is 16.0 Å². The minimum absolute atomic E-state index is 0. The van der Waals surface area contributed by atoms with Gasteiger partial charge in [0.1, 0.15) is 0 Å². The van der Waals surface area contributed by atoms with E-state index in [1.807, 2.05) is 6.07 Å². The van der Waals surface area contributed by atoms with E-state index in [0.717, 1.165) is 12.5 Å². The molecule has 132 valence electrons. The Morgan fingerprint density at radius 3 is 2.13 bits per heavy atom. The van der Waals surface area contributed by atoms with Crippen molar-refractivity contribution in [2.45, 2.75) is 58.7 Å². The van der Waals surface area contributed by atoms with Gasteiger partial charge < -0.3 is 16.0 Å². The van der Waals surface area contributed by atoms with Gasteiger partial charge in [-0.3, -0.25) is 4.99 Å². The number of aliphatic imine (C=N–C) groups is 1. The number of halogens is 1. The van der Waals surface area contributed by atoms with Gasteiger partial charge in [-0.05, 0) is 47.1 Å². The molecule has 1 unspecified atom stereocenters. The SMILES string of the molecule is CN=C(NCC(C)(C)NC(C)c1ccccc1)NC(C)(C)C.I. The minimum Gasteiger partial charge on any atom is -0.355 e. The zero-order valence-corrected chi connectivity index (χ0v) is 17.9. The van der Waals surface area contributed by atoms with Crippen molar-refractivity contribution in [3.8, 4) is 0 Å². The van der Waals surface area contributed by atoms with Crippen LogP contribution in [-0.2, 0) is 0 Å². The van der Waals surface area contributed by atoms with E-state index < -0.39 is 0 Å². The fourth-order valence-electron chi connectivity index (χ4n) is 2.30. The van der Waals surface area contributed by atoms with Gasteiger partial charge in [0.15, 0.2) is 5.96 Å². The number of rotatable bonds is 5. The minimum atomic E-state index is -0.0508. The van der Waals surface area contributed by atoms with E-state index in [1.54, 1.807) is 7.05 Å². The summed E-state index contributed by atoms with van der Waals surface area (Å²) in [5.41, 5.74) is 1.24. The molecule has 0 aliphatic carbocycles. The van der Waals surface area contributed by atoms with Crippen LogP contribution in [0.15, 0.2) is 35.3 Å². The van der Waals surface area contributed by atoms with E-state index in [-0.39, 0.29) is 35.1 Å². The van der Waals surface area contributed by atoms with Crippen LogP contribution in [0.3, 0.4) is 0 Å². The summed E-state index contributed by atoms with van der Waals surface area (Å²) in [5, 5.41) is 10.4. The summed E-state index contributed by atoms with van der Waals surface area (Å²) in [4.78, 5) is 4.28. The Labute approximate surface area is 158 Å². The Kier molecular flexibility index (Phi) is 9.13. The second kappa shape index (κ2) is 9.47. The molecule has 3 N–H and O–H groups in total. The summed E-state index contributed by atoms with van der Waals surface area (Å²) < 4.78 is 0. The van der Waals surface area contributed by atoms with E-state index in [9.17, 15) is 0 Å². The number of benzene rings is 1. The lowest BCUT2D eigenvalue weighted by atomic mass is 10.0. The normalized spacial score (nSPS) is 14.0. The van der Waals surface area contributed by atoms with Crippen LogP contribution in [0.5, 0.6) is 0 Å². The van der Waals surface area contributed by atoms with Crippen molar-refractivity contribution in [1.29, 1.82) is 0 Å². The highest BCUT2D eigenvalue weighted by Crippen LogP contribution is 2.15. The zero-order chi connectivity index (χ0) is 16.8. The van der Waals surface area contributed by atoms with Crippen LogP contribution in [0.1, 0.15) is 53.1 Å². The molecule has 4 nitrogen and oxygen atoms in total. The topological polar surface area (TPSA) is 48.5 Å². The number of hydrogen-bond donors (Lipinski definition) is 3. The summed E-state index contributed by atoms with van der Waals surface area (Å²) in [6.45, 7) is 13.8. The molecule has 0 aliphatic rings. The first-order chi connectivity index (χ1) is 10.1. The van der Waals surface area contributed by atoms with Crippen molar-refractivity contribution in [2.24, 2.45) is 4.99 Å². The lowest BCUT2D eigenvalue weighted by Crippen LogP contribution is -2.54. The summed E-state index contributed by atoms with van der Waals surface area (Å²) in [5.74, 6) is 0.828. The highest BCUT2D eigenvalue weighted by molar-refractivity contribution is 14.0. The number of guanidine groups is 1. The molecule has 0 radical (unpaired) electrons. The van der Waals surface area contributed by atoms with Crippen molar-refractivity contribution < 1.29 is 0 Å². The van der Waals surface area contributed by atoms with Gasteiger partial charge >= 0.3 is 0 Å². The van der Waals surface area contributed by atoms with Gasteiger partial charge in [-0.15, -0.1) is 24.0 Å². The molecule has 0 amide bonds. The third-order valence-electron chi connectivity index (χ3n) is 3.32. The molecule has 0 saturated carbocycles. The van der Waals surface area contributed by atoms with E-state index >= 15 is 0 Å². The first-order valence-corrected chi connectivity index (χ1v) is 7.94. The Morgan fingerprint density at radius 1 is 1.09 bits per heavy atom. The maximum atomic E-state index is 4.28. The van der Waals surface area contributed by atoms with Gasteiger partial charge in [0, 0.05) is 30.7 Å². The number of nitrogens with zero attached hydrogens (tertiary/aromatic N) is 1. The van der Waals surface area contributed by atoms with E-state index in [0.29, 0.717) is 6.04 Å². The molecule has 0 heterocycles. The van der Waals surface area contributed by atoms with Crippen LogP contribution >= 0.6 is 24.0 Å². The molecule has 0 aromatic heterocycles. The van der Waals surface area contributed by atoms with Crippen LogP contribution < -0.4 is 16.0 Å². The number of hydrogen-bond acceptors (Lipinski definition) is 2. The molecule has 5 heteroatoms. The Balaban J connectivity index is 0.00000484. The first-order valence-electron chi connectivity index (χ1n) is 7.94. The smallest absolute Gasteiger partial charge is 0.191 e. The molecule has 1 aromatic rings. The largest absolute Gasteiger partial charge is 0.355 e. The predicted octanol–water partition coefficient (Wildman–Crippen LogP) is 3.70. The fraction of sp³-hybridized carbons (Fsp3) is 0.611. The Bertz CT molecular complexity index is 478. The third kappa shape index (κ3) is 9.15. The quantitative estimate of drug-likeness (QED) is 0.378. The molecule has 0 bridgehead atoms. The first kappa shape index (κ1) is 22.2. The maximum absolute atomic E-state index is 4.28. The zero-order valence-electron chi connectivity index (χ0n) is 15.5. The molecule has 0 saturated heterocycles. The van der Waals surface area contributed by atoms with Crippen molar-refractivity contribution in [2.75, 3.05) is 13.6 Å². The van der Waals surface area contributed by atoms with Crippen LogP contribution in [0.2, 0.25) is 0 Å². The van der Waals surface area contributed by atoms with Crippen LogP contribution in [0.4, 0.5) is 0 Å². The third-order valence-corrected chi connectivity index (χ3v) is 3.32. The summed E-state index contributed by atoms with van der Waals surface area (Å²) in [7, 11) is 1.80. The highest BCUT2D eigenvalue weighted by atomic mass is 127. The van der Waals surface area contributed by atoms with E-state index in [4.69, 9.17) is 0 Å². The lowest BCUT2D eigenvalue weighted by Gasteiger charge is -2.32. The van der Waals surface area contributed by atoms with Crippen LogP contribution in [-0.4, -0.2) is 30.6 Å². The van der Waals surface area contributed by atoms with E-state index in [1.165, 1.54) is 5.56 Å². The molecular weight excluding hydrogens is 399 g/mol. The fourth-order valence-corrected chi connectivity index (χ4v) is 2.30. The Morgan fingerprint density at radius 2 is 1.65 bits per heavy atom. The lowest BCUT2D eigenvalue weighted by molar-refractivity contribution is 0.343. The molecule has 1 rings (SSSR count). The average Bonchev–Trinajstić information content (AvgIpc) is 2.43. The molecule has 1 atom stereocenters. The molecule has 1 aromatic carbocycles. The molecule has 0 fully saturated rings. The molecule has 23 heavy (non-hydrogen) atoms. The molecule has 0 spiro atoms. The van der Waals surface area contributed by atoms with Gasteiger partial charge in [-0.1, -0.05) is 30.3 Å². The van der Waals surface area contributed by atoms with Crippen LogP contribution in [0, 0.1) is 0 Å². The standard InChI is InChI=1S/C18H32N4.HI/c1-14(15-11-9-8-10-12-15)21-18(5,6)13-20-16(19-7)22-17(2,3)4;/h8-12,14,21H,13H2,1-7H3,(H2,19,20,22);1H. The van der Waals surface area contributed by atoms with Crippen molar-refractivity contribution in [3.63, 3.8) is 0 Å². The summed E-state index contributed by atoms with van der Waals surface area (Å²) in [6, 6.07) is 10.8. The molecular formula is C18H33IN4. The van der Waals surface area contributed by atoms with Gasteiger partial charge in [0.25, 0.3) is 0 Å². The Hall–Kier alpha value is -0.820. The highest BCUT2D eigenvalue weighted by Gasteiger charge is 2.22. The van der Waals surface area contributed by atoms with Crippen molar-refractivity contribution >= 4 is 29.9 Å². The van der Waals surface area contributed by atoms with Gasteiger partial charge in [-0.25, -0.2) is 0 Å².